The van der Waals surface area contributed by atoms with E-state index in [1.54, 1.807) is 13.8 Å². The maximum atomic E-state index is 13.2. The number of hydrogen-bond donors (Lipinski definition) is 1. The van der Waals surface area contributed by atoms with E-state index in [4.69, 9.17) is 13.7 Å². The van der Waals surface area contributed by atoms with E-state index in [2.05, 4.69) is 40.6 Å². The van der Waals surface area contributed by atoms with Crippen molar-refractivity contribution in [1.29, 1.82) is 0 Å². The molecule has 0 bridgehead atoms. The number of carbonyl (C=O) groups excluding carboxylic acids is 1. The lowest BCUT2D eigenvalue weighted by Crippen LogP contribution is -2.51. The Kier molecular flexibility index (Phi) is 8.81. The second-order valence-electron chi connectivity index (χ2n) is 12.1. The normalized spacial score (nSPS) is 15.9. The second-order valence-corrected chi connectivity index (χ2v) is 13.7. The lowest BCUT2D eigenvalue weighted by molar-refractivity contribution is -0.397. The van der Waals surface area contributed by atoms with Crippen molar-refractivity contribution in [2.45, 2.75) is 37.5 Å². The molecule has 1 aromatic heterocycles. The number of amides is 1. The van der Waals surface area contributed by atoms with Crippen LogP contribution in [0.25, 0.3) is 21.5 Å². The van der Waals surface area contributed by atoms with Gasteiger partial charge in [0.2, 0.25) is 0 Å². The molecule has 0 unspecified atom stereocenters. The fourth-order valence-electron chi connectivity index (χ4n) is 5.74. The molecule has 1 saturated heterocycles. The molecule has 5 aromatic rings. The van der Waals surface area contributed by atoms with Crippen LogP contribution in [0.15, 0.2) is 96.2 Å². The third kappa shape index (κ3) is 7.03. The molecular weight excluding hydrogens is 624 g/mol. The molecule has 1 aliphatic heterocycles. The number of nitrogens with one attached hydrogen (secondary N) is 1. The van der Waals surface area contributed by atoms with Crippen molar-refractivity contribution in [2.75, 3.05) is 26.4 Å². The first-order valence-electron chi connectivity index (χ1n) is 15.1. The van der Waals surface area contributed by atoms with Gasteiger partial charge in [0.25, 0.3) is 16.0 Å². The highest BCUT2D eigenvalue weighted by Crippen LogP contribution is 2.34. The van der Waals surface area contributed by atoms with Crippen LogP contribution in [-0.2, 0) is 36.7 Å². The Hall–Kier alpha value is -4.69. The third-order valence-electron chi connectivity index (χ3n) is 8.28. The van der Waals surface area contributed by atoms with Gasteiger partial charge in [0.1, 0.15) is 12.4 Å². The molecule has 13 heteroatoms. The third-order valence-corrected chi connectivity index (χ3v) is 9.56. The number of nitro groups is 1. The van der Waals surface area contributed by atoms with Crippen LogP contribution >= 0.6 is 0 Å². The zero-order valence-corrected chi connectivity index (χ0v) is 26.7. The molecule has 4 aromatic carbocycles. The average molecular weight is 659 g/mol. The number of nitrogens with zero attached hydrogens (tertiary/aromatic N) is 3. The first kappa shape index (κ1) is 32.3. The predicted octanol–water partition coefficient (Wildman–Crippen LogP) is 5.25. The van der Waals surface area contributed by atoms with Crippen LogP contribution in [-0.4, -0.2) is 61.0 Å². The van der Waals surface area contributed by atoms with E-state index >= 15 is 0 Å². The van der Waals surface area contributed by atoms with E-state index in [1.165, 1.54) is 41.2 Å². The van der Waals surface area contributed by atoms with E-state index in [-0.39, 0.29) is 37.2 Å². The molecule has 2 heterocycles. The Morgan fingerprint density at radius 1 is 1.00 bits per heavy atom. The zero-order valence-electron chi connectivity index (χ0n) is 25.9. The Balaban J connectivity index is 1.11. The van der Waals surface area contributed by atoms with Crippen molar-refractivity contribution in [3.63, 3.8) is 0 Å². The molecule has 1 N–H and O–H groups in total. The van der Waals surface area contributed by atoms with Gasteiger partial charge in [-0.3, -0.25) is 8.98 Å². The summed E-state index contributed by atoms with van der Waals surface area (Å²) < 4.78 is 44.8. The molecule has 12 nitrogen and oxygen atoms in total. The van der Waals surface area contributed by atoms with Gasteiger partial charge < -0.3 is 24.9 Å². The van der Waals surface area contributed by atoms with Gasteiger partial charge in [-0.05, 0) is 82.6 Å². The maximum absolute atomic E-state index is 13.2. The van der Waals surface area contributed by atoms with Crippen LogP contribution in [0, 0.1) is 15.5 Å². The fraction of sp³-hybridized carbons (Fsp3) is 0.294. The molecule has 0 spiro atoms. The SMILES string of the molecule is CC1(C)OCC(COS(=O)(=O)c2ccc(C(=O)NCCc3c4ccccc4cc4ccccc34)cc2)(Cn2ccnc2[N+](=O)[O-])CO1. The highest BCUT2D eigenvalue weighted by molar-refractivity contribution is 7.86. The summed E-state index contributed by atoms with van der Waals surface area (Å²) in [6.07, 6.45) is 3.34. The van der Waals surface area contributed by atoms with Gasteiger partial charge in [-0.15, -0.1) is 0 Å². The number of imidazole rings is 1. The van der Waals surface area contributed by atoms with Crippen LogP contribution in [0.2, 0.25) is 0 Å². The molecule has 1 aliphatic rings. The Morgan fingerprint density at radius 3 is 2.23 bits per heavy atom. The summed E-state index contributed by atoms with van der Waals surface area (Å²) in [5.74, 6) is -1.64. The molecule has 1 fully saturated rings. The summed E-state index contributed by atoms with van der Waals surface area (Å²) in [6.45, 7) is 3.48. The number of hydrogen-bond acceptors (Lipinski definition) is 9. The van der Waals surface area contributed by atoms with Crippen molar-refractivity contribution in [1.82, 2.24) is 14.9 Å². The number of benzene rings is 4. The molecule has 244 valence electrons. The Morgan fingerprint density at radius 2 is 1.62 bits per heavy atom. The first-order valence-corrected chi connectivity index (χ1v) is 16.5. The summed E-state index contributed by atoms with van der Waals surface area (Å²) >= 11 is 0. The minimum absolute atomic E-state index is 0.0252. The largest absolute Gasteiger partial charge is 0.434 e. The van der Waals surface area contributed by atoms with Gasteiger partial charge in [0.15, 0.2) is 5.79 Å². The average Bonchev–Trinajstić information content (AvgIpc) is 3.53. The minimum atomic E-state index is -4.27. The van der Waals surface area contributed by atoms with Gasteiger partial charge >= 0.3 is 5.95 Å². The standard InChI is InChI=1S/C34H34N4O8S/c1-33(2)44-21-34(22-45-33,20-37-18-17-36-32(37)38(40)41)23-46-47(42,43)27-13-11-24(12-14-27)31(39)35-16-15-30-28-9-5-3-7-25(28)19-26-8-4-6-10-29(26)30/h3-14,17-19H,15-16,20-23H2,1-2H3,(H,35,39). The fourth-order valence-corrected chi connectivity index (χ4v) is 6.75. The van der Waals surface area contributed by atoms with E-state index in [0.29, 0.717) is 18.5 Å². The molecule has 47 heavy (non-hydrogen) atoms. The van der Waals surface area contributed by atoms with Crippen molar-refractivity contribution in [2.24, 2.45) is 5.41 Å². The lowest BCUT2D eigenvalue weighted by Gasteiger charge is -2.42. The van der Waals surface area contributed by atoms with Gasteiger partial charge in [0.05, 0.1) is 36.7 Å². The van der Waals surface area contributed by atoms with Gasteiger partial charge in [-0.2, -0.15) is 8.42 Å². The number of ether oxygens (including phenoxy) is 2. The Bertz CT molecular complexity index is 1990. The molecule has 0 atom stereocenters. The molecule has 6 rings (SSSR count). The highest BCUT2D eigenvalue weighted by Gasteiger charge is 2.44. The van der Waals surface area contributed by atoms with Crippen molar-refractivity contribution < 1.29 is 31.8 Å². The van der Waals surface area contributed by atoms with Crippen molar-refractivity contribution >= 4 is 43.5 Å². The van der Waals surface area contributed by atoms with Gasteiger partial charge in [-0.1, -0.05) is 53.5 Å². The molecular formula is C34H34N4O8S. The molecule has 0 saturated carbocycles. The van der Waals surface area contributed by atoms with Crippen LogP contribution in [0.5, 0.6) is 0 Å². The van der Waals surface area contributed by atoms with E-state index in [0.717, 1.165) is 27.1 Å². The zero-order chi connectivity index (χ0) is 33.2. The van der Waals surface area contributed by atoms with Crippen molar-refractivity contribution in [3.8, 4) is 0 Å². The monoisotopic (exact) mass is 658 g/mol. The summed E-state index contributed by atoms with van der Waals surface area (Å²) in [6, 6.07) is 24.0. The lowest BCUT2D eigenvalue weighted by atomic mass is 9.89. The molecule has 0 aliphatic carbocycles. The topological polar surface area (TPSA) is 152 Å². The minimum Gasteiger partial charge on any atom is -0.390 e. The number of rotatable bonds is 11. The summed E-state index contributed by atoms with van der Waals surface area (Å²) in [5, 5.41) is 18.9. The Labute approximate surface area is 271 Å². The molecule has 0 radical (unpaired) electrons. The van der Waals surface area contributed by atoms with E-state index < -0.39 is 32.2 Å². The van der Waals surface area contributed by atoms with Gasteiger partial charge in [-0.25, -0.2) is 4.57 Å². The van der Waals surface area contributed by atoms with Crippen LogP contribution < -0.4 is 5.32 Å². The van der Waals surface area contributed by atoms with E-state index in [9.17, 15) is 23.3 Å². The van der Waals surface area contributed by atoms with Crippen LogP contribution in [0.4, 0.5) is 5.95 Å². The highest BCUT2D eigenvalue weighted by atomic mass is 32.2. The molecule has 1 amide bonds. The predicted molar refractivity (Wildman–Crippen MR) is 174 cm³/mol. The smallest absolute Gasteiger partial charge is 0.390 e. The number of carbonyl (C=O) groups is 1. The first-order chi connectivity index (χ1) is 22.5. The summed E-state index contributed by atoms with van der Waals surface area (Å²) in [7, 11) is -4.27. The van der Waals surface area contributed by atoms with Crippen LogP contribution in [0.1, 0.15) is 29.8 Å². The quantitative estimate of drug-likeness (QED) is 0.0869. The van der Waals surface area contributed by atoms with Gasteiger partial charge in [0, 0.05) is 12.1 Å². The van der Waals surface area contributed by atoms with E-state index in [1.807, 2.05) is 24.3 Å². The number of fused-ring (bicyclic) bond motifs is 2. The second kappa shape index (κ2) is 12.8. The van der Waals surface area contributed by atoms with Crippen LogP contribution in [0.3, 0.4) is 0 Å². The maximum Gasteiger partial charge on any atom is 0.434 e. The summed E-state index contributed by atoms with van der Waals surface area (Å²) in [4.78, 5) is 27.4. The number of aromatic nitrogens is 2. The summed E-state index contributed by atoms with van der Waals surface area (Å²) in [5.41, 5.74) is 0.380. The van der Waals surface area contributed by atoms with Crippen molar-refractivity contribution in [3.05, 3.63) is 112 Å².